The first-order valence-electron chi connectivity index (χ1n) is 11.8. The number of piperazine rings is 1. The van der Waals surface area contributed by atoms with Crippen LogP contribution in [0.25, 0.3) is 10.9 Å². The number of aryl methyl sites for hydroxylation is 1. The van der Waals surface area contributed by atoms with Crippen molar-refractivity contribution in [1.82, 2.24) is 24.7 Å². The van der Waals surface area contributed by atoms with E-state index < -0.39 is 18.0 Å². The van der Waals surface area contributed by atoms with Gasteiger partial charge in [-0.3, -0.25) is 14.6 Å². The van der Waals surface area contributed by atoms with Crippen LogP contribution in [0, 0.1) is 6.92 Å². The Morgan fingerprint density at radius 1 is 1.00 bits per heavy atom. The molecule has 5 rings (SSSR count). The second kappa shape index (κ2) is 9.92. The van der Waals surface area contributed by atoms with Crippen LogP contribution in [-0.2, 0) is 17.9 Å². The molecule has 10 nitrogen and oxygen atoms in total. The van der Waals surface area contributed by atoms with Gasteiger partial charge in [-0.05, 0) is 30.7 Å². The van der Waals surface area contributed by atoms with Crippen LogP contribution in [-0.4, -0.2) is 73.0 Å². The van der Waals surface area contributed by atoms with Gasteiger partial charge in [-0.25, -0.2) is 9.42 Å². The Morgan fingerprint density at radius 2 is 1.75 bits per heavy atom. The van der Waals surface area contributed by atoms with Crippen LogP contribution >= 0.6 is 0 Å². The van der Waals surface area contributed by atoms with E-state index in [4.69, 9.17) is 4.63 Å². The number of aromatic nitrogens is 3. The second-order valence-corrected chi connectivity index (χ2v) is 9.08. The molecule has 2 aromatic heterocycles. The monoisotopic (exact) mass is 489 g/mol. The van der Waals surface area contributed by atoms with Gasteiger partial charge in [0.25, 0.3) is 0 Å². The molecule has 1 aliphatic heterocycles. The molecule has 10 heteroatoms. The molecule has 36 heavy (non-hydrogen) atoms. The second-order valence-electron chi connectivity index (χ2n) is 9.08. The van der Waals surface area contributed by atoms with Crippen LogP contribution in [0.4, 0.5) is 0 Å². The van der Waals surface area contributed by atoms with Crippen LogP contribution in [0.15, 0.2) is 59.4 Å². The van der Waals surface area contributed by atoms with Crippen molar-refractivity contribution in [2.75, 3.05) is 26.2 Å². The highest BCUT2D eigenvalue weighted by atomic mass is 16.6. The lowest BCUT2D eigenvalue weighted by Gasteiger charge is -2.37. The molecule has 0 unspecified atom stereocenters. The molecule has 1 atom stereocenters. The zero-order valence-electron chi connectivity index (χ0n) is 19.9. The smallest absolute Gasteiger partial charge is 0.335 e. The van der Waals surface area contributed by atoms with Gasteiger partial charge >= 0.3 is 11.9 Å². The summed E-state index contributed by atoms with van der Waals surface area (Å²) < 4.78 is 6.79. The Labute approximate surface area is 207 Å². The summed E-state index contributed by atoms with van der Waals surface area (Å²) in [5.41, 5.74) is 4.14. The maximum absolute atomic E-state index is 12.6. The molecule has 0 bridgehead atoms. The zero-order valence-corrected chi connectivity index (χ0v) is 19.9. The highest BCUT2D eigenvalue weighted by Gasteiger charge is 2.33. The number of nitrogens with zero attached hydrogens (tertiary/aromatic N) is 5. The van der Waals surface area contributed by atoms with Crippen LogP contribution in [0.3, 0.4) is 0 Å². The van der Waals surface area contributed by atoms with Gasteiger partial charge in [-0.15, -0.1) is 0 Å². The van der Waals surface area contributed by atoms with Crippen molar-refractivity contribution in [1.29, 1.82) is 0 Å². The molecule has 3 heterocycles. The van der Waals surface area contributed by atoms with Crippen molar-refractivity contribution in [3.05, 3.63) is 82.8 Å². The number of carboxylic acid groups (broad SMARTS) is 2. The van der Waals surface area contributed by atoms with E-state index in [1.165, 1.54) is 0 Å². The largest absolute Gasteiger partial charge is 0.480 e. The first-order chi connectivity index (χ1) is 17.4. The normalized spacial score (nSPS) is 15.8. The number of hydrogen-bond donors (Lipinski definition) is 2. The summed E-state index contributed by atoms with van der Waals surface area (Å²) in [6.07, 6.45) is 1.86. The molecule has 1 fully saturated rings. The van der Waals surface area contributed by atoms with Gasteiger partial charge in [-0.1, -0.05) is 40.6 Å². The lowest BCUT2D eigenvalue weighted by Crippen LogP contribution is -2.48. The SMILES string of the molecule is Cc1nonc1CN1CCN([C@@H](C(=O)O)c2cn(Cc3ccccc3)c3ccc(C(=O)O)cc23)CC1. The number of fused-ring (bicyclic) bond motifs is 1. The van der Waals surface area contributed by atoms with E-state index in [9.17, 15) is 19.8 Å². The Balaban J connectivity index is 1.46. The Bertz CT molecular complexity index is 1390. The summed E-state index contributed by atoms with van der Waals surface area (Å²) in [7, 11) is 0. The van der Waals surface area contributed by atoms with Gasteiger partial charge in [0.1, 0.15) is 17.4 Å². The van der Waals surface area contributed by atoms with Gasteiger partial charge in [0.2, 0.25) is 0 Å². The first-order valence-corrected chi connectivity index (χ1v) is 11.8. The van der Waals surface area contributed by atoms with E-state index in [2.05, 4.69) is 15.2 Å². The van der Waals surface area contributed by atoms with E-state index in [1.807, 2.05) is 52.9 Å². The van der Waals surface area contributed by atoms with Crippen molar-refractivity contribution in [3.8, 4) is 0 Å². The van der Waals surface area contributed by atoms with Crippen LogP contribution < -0.4 is 0 Å². The maximum atomic E-state index is 12.6. The molecule has 0 aliphatic carbocycles. The van der Waals surface area contributed by atoms with Gasteiger partial charge in [-0.2, -0.15) is 0 Å². The average molecular weight is 490 g/mol. The van der Waals surface area contributed by atoms with E-state index in [0.29, 0.717) is 50.2 Å². The molecule has 0 radical (unpaired) electrons. The molecule has 0 amide bonds. The number of aliphatic carboxylic acids is 1. The molecule has 0 saturated carbocycles. The zero-order chi connectivity index (χ0) is 25.2. The number of carbonyl (C=O) groups is 2. The van der Waals surface area contributed by atoms with Crippen molar-refractivity contribution in [2.45, 2.75) is 26.1 Å². The third kappa shape index (κ3) is 4.73. The molecule has 4 aromatic rings. The number of benzene rings is 2. The topological polar surface area (TPSA) is 125 Å². The molecule has 1 aliphatic rings. The highest BCUT2D eigenvalue weighted by molar-refractivity contribution is 5.96. The summed E-state index contributed by atoms with van der Waals surface area (Å²) in [6.45, 7) is 5.42. The molecular formula is C26H27N5O5. The minimum Gasteiger partial charge on any atom is -0.480 e. The van der Waals surface area contributed by atoms with Crippen molar-refractivity contribution in [3.63, 3.8) is 0 Å². The molecule has 2 N–H and O–H groups in total. The Kier molecular flexibility index (Phi) is 6.53. The third-order valence-electron chi connectivity index (χ3n) is 6.77. The standard InChI is InChI=1S/C26H27N5O5/c1-17-22(28-36-27-17)16-29-9-11-30(12-10-29)24(26(34)35)21-15-31(14-18-5-3-2-4-6-18)23-8-7-19(25(32)33)13-20(21)23/h2-8,13,15,24H,9-12,14,16H2,1H3,(H,32,33)(H,34,35)/t24-/m1/s1. The van der Waals surface area contributed by atoms with E-state index >= 15 is 0 Å². The fraction of sp³-hybridized carbons (Fsp3) is 0.308. The lowest BCUT2D eigenvalue weighted by atomic mass is 10.0. The quantitative estimate of drug-likeness (QED) is 0.384. The summed E-state index contributed by atoms with van der Waals surface area (Å²) in [5.74, 6) is -2.00. The average Bonchev–Trinajstić information content (AvgIpc) is 3.43. The predicted molar refractivity (Wildman–Crippen MR) is 131 cm³/mol. The summed E-state index contributed by atoms with van der Waals surface area (Å²) in [6, 6.07) is 13.9. The summed E-state index contributed by atoms with van der Waals surface area (Å²) in [4.78, 5) is 28.4. The van der Waals surface area contributed by atoms with Crippen LogP contribution in [0.2, 0.25) is 0 Å². The van der Waals surface area contributed by atoms with Gasteiger partial charge in [0.15, 0.2) is 0 Å². The first kappa shape index (κ1) is 23.7. The fourth-order valence-corrected chi connectivity index (χ4v) is 4.86. The summed E-state index contributed by atoms with van der Waals surface area (Å²) in [5, 5.41) is 28.3. The van der Waals surface area contributed by atoms with Crippen molar-refractivity contribution in [2.24, 2.45) is 0 Å². The fourth-order valence-electron chi connectivity index (χ4n) is 4.86. The highest BCUT2D eigenvalue weighted by Crippen LogP contribution is 2.33. The number of aromatic carboxylic acids is 1. The van der Waals surface area contributed by atoms with Crippen LogP contribution in [0.1, 0.15) is 38.9 Å². The van der Waals surface area contributed by atoms with E-state index in [1.54, 1.807) is 18.2 Å². The minimum atomic E-state index is -1.04. The Morgan fingerprint density at radius 3 is 2.39 bits per heavy atom. The molecule has 0 spiro atoms. The van der Waals surface area contributed by atoms with Gasteiger partial charge in [0.05, 0.1) is 5.56 Å². The number of rotatable bonds is 8. The van der Waals surface area contributed by atoms with E-state index in [-0.39, 0.29) is 5.56 Å². The van der Waals surface area contributed by atoms with Crippen molar-refractivity contribution < 1.29 is 24.4 Å². The maximum Gasteiger partial charge on any atom is 0.335 e. The summed E-state index contributed by atoms with van der Waals surface area (Å²) >= 11 is 0. The third-order valence-corrected chi connectivity index (χ3v) is 6.77. The van der Waals surface area contributed by atoms with Crippen molar-refractivity contribution >= 4 is 22.8 Å². The number of carboxylic acids is 2. The van der Waals surface area contributed by atoms with E-state index in [0.717, 1.165) is 22.5 Å². The molecule has 1 saturated heterocycles. The van der Waals surface area contributed by atoms with Crippen LogP contribution in [0.5, 0.6) is 0 Å². The van der Waals surface area contributed by atoms with Gasteiger partial charge < -0.3 is 14.8 Å². The lowest BCUT2D eigenvalue weighted by molar-refractivity contribution is -0.144. The minimum absolute atomic E-state index is 0.131. The molecule has 186 valence electrons. The molecule has 2 aromatic carbocycles. The predicted octanol–water partition coefficient (Wildman–Crippen LogP) is 3.02. The van der Waals surface area contributed by atoms with Gasteiger partial charge in [0, 0.05) is 61.9 Å². The number of hydrogen-bond acceptors (Lipinski definition) is 7. The Hall–Kier alpha value is -4.02. The molecular weight excluding hydrogens is 462 g/mol.